The van der Waals surface area contributed by atoms with Crippen LogP contribution in [0.25, 0.3) is 0 Å². The van der Waals surface area contributed by atoms with Gasteiger partial charge < -0.3 is 0 Å². The summed E-state index contributed by atoms with van der Waals surface area (Å²) in [5, 5.41) is -0.170. The highest BCUT2D eigenvalue weighted by molar-refractivity contribution is 7.97. The van der Waals surface area contributed by atoms with Crippen LogP contribution in [-0.4, -0.2) is 5.12 Å². The van der Waals surface area contributed by atoms with Crippen LogP contribution in [0.1, 0.15) is 21.5 Å². The molecule has 2 heteroatoms. The zero-order valence-electron chi connectivity index (χ0n) is 6.59. The predicted molar refractivity (Wildman–Crippen MR) is 49.2 cm³/mol. The minimum atomic E-state index is -0.170. The Labute approximate surface area is 71.8 Å². The fourth-order valence-corrected chi connectivity index (χ4v) is 1.23. The third-order valence-corrected chi connectivity index (χ3v) is 1.73. The summed E-state index contributed by atoms with van der Waals surface area (Å²) in [5.74, 6) is 0. The van der Waals surface area contributed by atoms with Crippen LogP contribution in [0.4, 0.5) is 0 Å². The number of aryl methyl sites for hydroxylation is 2. The summed E-state index contributed by atoms with van der Waals surface area (Å²) >= 11 is 3.74. The predicted octanol–water partition coefficient (Wildman–Crippen LogP) is 2.37. The molecule has 0 spiro atoms. The summed E-state index contributed by atoms with van der Waals surface area (Å²) in [6.07, 6.45) is 0. The number of benzene rings is 1. The van der Waals surface area contributed by atoms with Crippen LogP contribution in [0.15, 0.2) is 18.2 Å². The monoisotopic (exact) mass is 166 g/mol. The Morgan fingerprint density at radius 2 is 1.64 bits per heavy atom. The SMILES string of the molecule is Cc1cc(C)cc(C(=O)S)c1. The maximum atomic E-state index is 10.8. The van der Waals surface area contributed by atoms with Crippen molar-refractivity contribution in [1.29, 1.82) is 0 Å². The molecule has 11 heavy (non-hydrogen) atoms. The van der Waals surface area contributed by atoms with Crippen molar-refractivity contribution in [2.75, 3.05) is 0 Å². The number of hydrogen-bond donors (Lipinski definition) is 1. The second-order valence-electron chi connectivity index (χ2n) is 2.68. The molecule has 0 radical (unpaired) electrons. The van der Waals surface area contributed by atoms with Crippen molar-refractivity contribution < 1.29 is 4.79 Å². The van der Waals surface area contributed by atoms with Gasteiger partial charge >= 0.3 is 0 Å². The van der Waals surface area contributed by atoms with Gasteiger partial charge in [0, 0.05) is 5.56 Å². The molecule has 0 unspecified atom stereocenters. The maximum absolute atomic E-state index is 10.8. The van der Waals surface area contributed by atoms with E-state index in [0.29, 0.717) is 5.56 Å². The van der Waals surface area contributed by atoms with E-state index in [0.717, 1.165) is 11.1 Å². The molecular weight excluding hydrogens is 156 g/mol. The Kier molecular flexibility index (Phi) is 2.35. The first-order valence-corrected chi connectivity index (χ1v) is 3.86. The van der Waals surface area contributed by atoms with Crippen LogP contribution in [0, 0.1) is 13.8 Å². The average Bonchev–Trinajstić information content (AvgIpc) is 1.85. The number of thiol groups is 1. The molecule has 1 aromatic carbocycles. The zero-order chi connectivity index (χ0) is 8.43. The lowest BCUT2D eigenvalue weighted by Gasteiger charge is -1.99. The fraction of sp³-hybridized carbons (Fsp3) is 0.222. The summed E-state index contributed by atoms with van der Waals surface area (Å²) in [6, 6.07) is 5.70. The van der Waals surface area contributed by atoms with E-state index in [4.69, 9.17) is 0 Å². The fourth-order valence-electron chi connectivity index (χ4n) is 1.10. The number of rotatable bonds is 1. The number of carbonyl (C=O) groups excluding carboxylic acids is 1. The standard InChI is InChI=1S/C9H10OS/c1-6-3-7(2)5-8(4-6)9(10)11/h3-5H,1-2H3,(H,10,11). The summed E-state index contributed by atoms with van der Waals surface area (Å²) in [4.78, 5) is 10.8. The number of carbonyl (C=O) groups is 1. The third-order valence-electron chi connectivity index (χ3n) is 1.47. The smallest absolute Gasteiger partial charge is 0.216 e. The quantitative estimate of drug-likeness (QED) is 0.634. The van der Waals surface area contributed by atoms with Gasteiger partial charge in [-0.1, -0.05) is 17.2 Å². The molecule has 0 saturated heterocycles. The van der Waals surface area contributed by atoms with Crippen molar-refractivity contribution in [2.24, 2.45) is 0 Å². The molecule has 0 fully saturated rings. The van der Waals surface area contributed by atoms with Crippen LogP contribution in [0.3, 0.4) is 0 Å². The van der Waals surface area contributed by atoms with Gasteiger partial charge in [0.1, 0.15) is 0 Å². The van der Waals surface area contributed by atoms with Gasteiger partial charge in [0.2, 0.25) is 5.12 Å². The largest absolute Gasteiger partial charge is 0.282 e. The van der Waals surface area contributed by atoms with Crippen LogP contribution >= 0.6 is 12.6 Å². The van der Waals surface area contributed by atoms with Crippen LogP contribution in [-0.2, 0) is 0 Å². The molecule has 0 aliphatic rings. The first-order chi connectivity index (χ1) is 5.09. The van der Waals surface area contributed by atoms with Gasteiger partial charge in [-0.3, -0.25) is 4.79 Å². The Balaban J connectivity index is 3.19. The molecule has 1 nitrogen and oxygen atoms in total. The molecule has 0 saturated carbocycles. The van der Waals surface area contributed by atoms with Gasteiger partial charge in [-0.2, -0.15) is 0 Å². The van der Waals surface area contributed by atoms with Crippen molar-refractivity contribution in [3.63, 3.8) is 0 Å². The van der Waals surface area contributed by atoms with E-state index in [2.05, 4.69) is 12.6 Å². The third kappa shape index (κ3) is 2.09. The van der Waals surface area contributed by atoms with E-state index in [1.807, 2.05) is 32.0 Å². The van der Waals surface area contributed by atoms with Crippen LogP contribution in [0.5, 0.6) is 0 Å². The molecule has 0 atom stereocenters. The van der Waals surface area contributed by atoms with E-state index in [1.165, 1.54) is 0 Å². The number of hydrogen-bond acceptors (Lipinski definition) is 1. The van der Waals surface area contributed by atoms with E-state index in [-0.39, 0.29) is 5.12 Å². The second-order valence-corrected chi connectivity index (χ2v) is 3.09. The van der Waals surface area contributed by atoms with Crippen molar-refractivity contribution in [2.45, 2.75) is 13.8 Å². The molecule has 0 aliphatic carbocycles. The van der Waals surface area contributed by atoms with Gasteiger partial charge in [0.05, 0.1) is 0 Å². The van der Waals surface area contributed by atoms with E-state index in [1.54, 1.807) is 0 Å². The topological polar surface area (TPSA) is 17.1 Å². The average molecular weight is 166 g/mol. The van der Waals surface area contributed by atoms with Gasteiger partial charge in [-0.15, -0.1) is 12.6 Å². The van der Waals surface area contributed by atoms with Crippen LogP contribution in [0.2, 0.25) is 0 Å². The molecule has 1 rings (SSSR count). The lowest BCUT2D eigenvalue weighted by Crippen LogP contribution is -1.90. The minimum absolute atomic E-state index is 0.170. The Hall–Kier alpha value is -0.760. The molecule has 0 amide bonds. The molecular formula is C9H10OS. The van der Waals surface area contributed by atoms with Gasteiger partial charge in [-0.05, 0) is 26.0 Å². The van der Waals surface area contributed by atoms with Crippen LogP contribution < -0.4 is 0 Å². The van der Waals surface area contributed by atoms with Crippen molar-refractivity contribution in [3.05, 3.63) is 34.9 Å². The lowest BCUT2D eigenvalue weighted by molar-refractivity contribution is 0.109. The maximum Gasteiger partial charge on any atom is 0.216 e. The molecule has 58 valence electrons. The highest BCUT2D eigenvalue weighted by atomic mass is 32.1. The van der Waals surface area contributed by atoms with E-state index < -0.39 is 0 Å². The van der Waals surface area contributed by atoms with Gasteiger partial charge in [-0.25, -0.2) is 0 Å². The first-order valence-electron chi connectivity index (χ1n) is 3.41. The molecule has 0 N–H and O–H groups in total. The molecule has 0 aliphatic heterocycles. The zero-order valence-corrected chi connectivity index (χ0v) is 7.48. The summed E-state index contributed by atoms with van der Waals surface area (Å²) in [5.41, 5.74) is 2.87. The molecule has 0 heterocycles. The normalized spacial score (nSPS) is 9.73. The summed E-state index contributed by atoms with van der Waals surface area (Å²) in [6.45, 7) is 3.93. The Bertz CT molecular complexity index is 271. The molecule has 0 aromatic heterocycles. The van der Waals surface area contributed by atoms with Crippen molar-refractivity contribution in [3.8, 4) is 0 Å². The van der Waals surface area contributed by atoms with Crippen molar-refractivity contribution in [1.82, 2.24) is 0 Å². The first kappa shape index (κ1) is 8.34. The van der Waals surface area contributed by atoms with E-state index >= 15 is 0 Å². The van der Waals surface area contributed by atoms with E-state index in [9.17, 15) is 4.79 Å². The Morgan fingerprint density at radius 1 is 1.18 bits per heavy atom. The van der Waals surface area contributed by atoms with Gasteiger partial charge in [0.15, 0.2) is 0 Å². The second kappa shape index (κ2) is 3.09. The lowest BCUT2D eigenvalue weighted by atomic mass is 10.1. The summed E-state index contributed by atoms with van der Waals surface area (Å²) < 4.78 is 0. The van der Waals surface area contributed by atoms with Gasteiger partial charge in [0.25, 0.3) is 0 Å². The molecule has 0 bridgehead atoms. The minimum Gasteiger partial charge on any atom is -0.282 e. The van der Waals surface area contributed by atoms with Crippen molar-refractivity contribution >= 4 is 17.7 Å². The highest BCUT2D eigenvalue weighted by Gasteiger charge is 2.00. The molecule has 1 aromatic rings. The summed E-state index contributed by atoms with van der Waals surface area (Å²) in [7, 11) is 0. The Morgan fingerprint density at radius 3 is 2.00 bits per heavy atom. The highest BCUT2D eigenvalue weighted by Crippen LogP contribution is 2.10.